The zero-order chi connectivity index (χ0) is 13.8. The minimum atomic E-state index is 0.101. The molecule has 1 aromatic carbocycles. The number of nitrogen functional groups attached to an aromatic ring is 1. The van der Waals surface area contributed by atoms with Crippen molar-refractivity contribution in [1.29, 1.82) is 0 Å². The van der Waals surface area contributed by atoms with Gasteiger partial charge in [-0.15, -0.1) is 0 Å². The number of nitrogens with one attached hydrogen (secondary N) is 1. The van der Waals surface area contributed by atoms with Crippen molar-refractivity contribution >= 4 is 11.6 Å². The highest BCUT2D eigenvalue weighted by atomic mass is 16.1. The van der Waals surface area contributed by atoms with Crippen LogP contribution in [-0.4, -0.2) is 5.91 Å². The monoisotopic (exact) mass is 260 g/mol. The molecule has 0 saturated carbocycles. The Kier molecular flexibility index (Phi) is 4.46. The molecule has 3 N–H and O–H groups in total. The first-order chi connectivity index (χ1) is 9.11. The van der Waals surface area contributed by atoms with E-state index in [0.29, 0.717) is 0 Å². The molecule has 0 spiro atoms. The first kappa shape index (κ1) is 13.9. The zero-order valence-electron chi connectivity index (χ0n) is 11.9. The number of carbonyl (C=O) groups is 1. The molecule has 0 fully saturated rings. The number of anilines is 1. The van der Waals surface area contributed by atoms with E-state index < -0.39 is 0 Å². The Labute approximate surface area is 115 Å². The Bertz CT molecular complexity index is 456. The first-order valence-corrected chi connectivity index (χ1v) is 7.30. The fourth-order valence-electron chi connectivity index (χ4n) is 2.86. The van der Waals surface area contributed by atoms with Crippen molar-refractivity contribution < 1.29 is 4.79 Å². The predicted molar refractivity (Wildman–Crippen MR) is 78.7 cm³/mol. The molecule has 0 radical (unpaired) electrons. The number of aryl methyl sites for hydroxylation is 1. The summed E-state index contributed by atoms with van der Waals surface area (Å²) in [4.78, 5) is 12.1. The maximum absolute atomic E-state index is 12.1. The highest BCUT2D eigenvalue weighted by molar-refractivity contribution is 5.78. The number of carbonyl (C=O) groups excluding carboxylic acids is 1. The van der Waals surface area contributed by atoms with Crippen molar-refractivity contribution in [3.05, 3.63) is 29.3 Å². The summed E-state index contributed by atoms with van der Waals surface area (Å²) in [6.45, 7) is 4.12. The van der Waals surface area contributed by atoms with Gasteiger partial charge in [0, 0.05) is 11.6 Å². The number of fused-ring (bicyclic) bond motifs is 1. The molecule has 1 aromatic rings. The maximum Gasteiger partial charge on any atom is 0.223 e. The second-order valence-corrected chi connectivity index (χ2v) is 5.60. The molecule has 19 heavy (non-hydrogen) atoms. The van der Waals surface area contributed by atoms with Crippen molar-refractivity contribution in [2.75, 3.05) is 5.73 Å². The quantitative estimate of drug-likeness (QED) is 0.817. The lowest BCUT2D eigenvalue weighted by atomic mass is 9.87. The molecule has 1 aliphatic rings. The maximum atomic E-state index is 12.1. The molecule has 1 aliphatic carbocycles. The molecule has 0 saturated heterocycles. The van der Waals surface area contributed by atoms with Gasteiger partial charge in [-0.1, -0.05) is 26.3 Å². The molecule has 2 unspecified atom stereocenters. The van der Waals surface area contributed by atoms with Gasteiger partial charge in [0.2, 0.25) is 5.91 Å². The van der Waals surface area contributed by atoms with Gasteiger partial charge < -0.3 is 11.1 Å². The van der Waals surface area contributed by atoms with Gasteiger partial charge >= 0.3 is 0 Å². The van der Waals surface area contributed by atoms with Crippen LogP contribution in [0.15, 0.2) is 18.2 Å². The van der Waals surface area contributed by atoms with Gasteiger partial charge in [0.25, 0.3) is 0 Å². The standard InChI is InChI=1S/C16H24N2O/c1-3-5-11(2)16(19)18-15-7-4-6-12-10-13(17)8-9-14(12)15/h8-11,15H,3-7,17H2,1-2H3,(H,18,19). The van der Waals surface area contributed by atoms with Crippen molar-refractivity contribution in [2.45, 2.75) is 52.0 Å². The Morgan fingerprint density at radius 3 is 3.05 bits per heavy atom. The van der Waals surface area contributed by atoms with Gasteiger partial charge in [0.1, 0.15) is 0 Å². The van der Waals surface area contributed by atoms with Crippen molar-refractivity contribution in [3.63, 3.8) is 0 Å². The highest BCUT2D eigenvalue weighted by Gasteiger charge is 2.23. The Balaban J connectivity index is 2.09. The minimum Gasteiger partial charge on any atom is -0.399 e. The van der Waals surface area contributed by atoms with Crippen LogP contribution in [0.1, 0.15) is 56.7 Å². The van der Waals surface area contributed by atoms with Gasteiger partial charge in [-0.2, -0.15) is 0 Å². The van der Waals surface area contributed by atoms with E-state index in [1.165, 1.54) is 11.1 Å². The third-order valence-corrected chi connectivity index (χ3v) is 3.97. The smallest absolute Gasteiger partial charge is 0.223 e. The molecule has 3 nitrogen and oxygen atoms in total. The lowest BCUT2D eigenvalue weighted by Gasteiger charge is -2.27. The van der Waals surface area contributed by atoms with Crippen molar-refractivity contribution in [1.82, 2.24) is 5.32 Å². The van der Waals surface area contributed by atoms with Crippen LogP contribution in [0.3, 0.4) is 0 Å². The molecule has 3 heteroatoms. The Morgan fingerprint density at radius 1 is 1.53 bits per heavy atom. The fraction of sp³-hybridized carbons (Fsp3) is 0.562. The molecule has 2 atom stereocenters. The van der Waals surface area contributed by atoms with E-state index in [0.717, 1.165) is 37.8 Å². The minimum absolute atomic E-state index is 0.101. The SMILES string of the molecule is CCCC(C)C(=O)NC1CCCc2cc(N)ccc21. The molecule has 0 aliphatic heterocycles. The van der Waals surface area contributed by atoms with E-state index >= 15 is 0 Å². The average Bonchev–Trinajstić information content (AvgIpc) is 2.38. The summed E-state index contributed by atoms with van der Waals surface area (Å²) in [5, 5.41) is 3.20. The van der Waals surface area contributed by atoms with Crippen LogP contribution >= 0.6 is 0 Å². The number of rotatable bonds is 4. The number of nitrogens with two attached hydrogens (primary N) is 1. The van der Waals surface area contributed by atoms with E-state index in [9.17, 15) is 4.79 Å². The predicted octanol–water partition coefficient (Wildman–Crippen LogP) is 3.20. The van der Waals surface area contributed by atoms with E-state index in [4.69, 9.17) is 5.73 Å². The normalized spacial score (nSPS) is 19.6. The van der Waals surface area contributed by atoms with Crippen LogP contribution in [0.5, 0.6) is 0 Å². The third-order valence-electron chi connectivity index (χ3n) is 3.97. The van der Waals surface area contributed by atoms with Gasteiger partial charge in [-0.3, -0.25) is 4.79 Å². The molecular formula is C16H24N2O. The van der Waals surface area contributed by atoms with E-state index in [2.05, 4.69) is 18.3 Å². The largest absolute Gasteiger partial charge is 0.399 e. The Hall–Kier alpha value is -1.51. The highest BCUT2D eigenvalue weighted by Crippen LogP contribution is 2.31. The Morgan fingerprint density at radius 2 is 2.32 bits per heavy atom. The number of hydrogen-bond donors (Lipinski definition) is 2. The fourth-order valence-corrected chi connectivity index (χ4v) is 2.86. The van der Waals surface area contributed by atoms with E-state index in [1.807, 2.05) is 19.1 Å². The van der Waals surface area contributed by atoms with Gasteiger partial charge in [0.05, 0.1) is 6.04 Å². The van der Waals surface area contributed by atoms with Crippen molar-refractivity contribution in [2.24, 2.45) is 5.92 Å². The van der Waals surface area contributed by atoms with Crippen LogP contribution in [0.2, 0.25) is 0 Å². The summed E-state index contributed by atoms with van der Waals surface area (Å²) in [6, 6.07) is 6.21. The molecule has 0 aromatic heterocycles. The topological polar surface area (TPSA) is 55.1 Å². The van der Waals surface area contributed by atoms with E-state index in [-0.39, 0.29) is 17.9 Å². The first-order valence-electron chi connectivity index (χ1n) is 7.30. The number of benzene rings is 1. The lowest BCUT2D eigenvalue weighted by molar-refractivity contribution is -0.125. The molecule has 0 heterocycles. The zero-order valence-corrected chi connectivity index (χ0v) is 11.9. The van der Waals surface area contributed by atoms with Crippen LogP contribution in [0.4, 0.5) is 5.69 Å². The van der Waals surface area contributed by atoms with Crippen LogP contribution in [0, 0.1) is 5.92 Å². The summed E-state index contributed by atoms with van der Waals surface area (Å²) < 4.78 is 0. The van der Waals surface area contributed by atoms with Crippen LogP contribution in [-0.2, 0) is 11.2 Å². The molecule has 2 rings (SSSR count). The molecule has 1 amide bonds. The summed E-state index contributed by atoms with van der Waals surface area (Å²) in [7, 11) is 0. The van der Waals surface area contributed by atoms with Crippen molar-refractivity contribution in [3.8, 4) is 0 Å². The molecule has 0 bridgehead atoms. The summed E-state index contributed by atoms with van der Waals surface area (Å²) in [5.41, 5.74) is 9.18. The second kappa shape index (κ2) is 6.09. The van der Waals surface area contributed by atoms with Crippen LogP contribution < -0.4 is 11.1 Å². The number of amides is 1. The molecular weight excluding hydrogens is 236 g/mol. The van der Waals surface area contributed by atoms with Gasteiger partial charge in [-0.05, 0) is 48.9 Å². The summed E-state index contributed by atoms with van der Waals surface area (Å²) >= 11 is 0. The van der Waals surface area contributed by atoms with Gasteiger partial charge in [0.15, 0.2) is 0 Å². The number of hydrogen-bond acceptors (Lipinski definition) is 2. The lowest BCUT2D eigenvalue weighted by Crippen LogP contribution is -2.34. The third kappa shape index (κ3) is 3.28. The van der Waals surface area contributed by atoms with E-state index in [1.54, 1.807) is 0 Å². The van der Waals surface area contributed by atoms with Crippen LogP contribution in [0.25, 0.3) is 0 Å². The summed E-state index contributed by atoms with van der Waals surface area (Å²) in [6.07, 6.45) is 5.21. The average molecular weight is 260 g/mol. The summed E-state index contributed by atoms with van der Waals surface area (Å²) in [5.74, 6) is 0.278. The van der Waals surface area contributed by atoms with Gasteiger partial charge in [-0.25, -0.2) is 0 Å². The second-order valence-electron chi connectivity index (χ2n) is 5.60. The molecule has 104 valence electrons.